The van der Waals surface area contributed by atoms with Gasteiger partial charge in [-0.15, -0.1) is 0 Å². The number of aromatic amines is 1. The fraction of sp³-hybridized carbons (Fsp3) is 0.231. The van der Waals surface area contributed by atoms with Gasteiger partial charge in [-0.1, -0.05) is 18.2 Å². The number of aliphatic imine (C=N–C) groups is 1. The second kappa shape index (κ2) is 4.05. The number of aromatic nitrogens is 1. The van der Waals surface area contributed by atoms with Crippen LogP contribution in [0.25, 0.3) is 10.9 Å². The lowest BCUT2D eigenvalue weighted by atomic mass is 10.1. The number of nitrogens with zero attached hydrogens (tertiary/aromatic N) is 1. The van der Waals surface area contributed by atoms with Gasteiger partial charge < -0.3 is 10.3 Å². The van der Waals surface area contributed by atoms with Crippen LogP contribution in [0.15, 0.2) is 35.5 Å². The summed E-state index contributed by atoms with van der Waals surface area (Å²) in [5.41, 5.74) is 1.74. The van der Waals surface area contributed by atoms with Crippen LogP contribution in [-0.2, 0) is 0 Å². The van der Waals surface area contributed by atoms with E-state index in [9.17, 15) is 4.79 Å². The number of hydrogen-bond donors (Lipinski definition) is 2. The molecule has 0 radical (unpaired) electrons. The number of amidine groups is 1. The zero-order valence-electron chi connectivity index (χ0n) is 9.36. The Labute approximate surface area is 98.7 Å². The monoisotopic (exact) mass is 227 g/mol. The largest absolute Gasteiger partial charge is 0.372 e. The van der Waals surface area contributed by atoms with Gasteiger partial charge in [-0.2, -0.15) is 0 Å². The fourth-order valence-electron chi connectivity index (χ4n) is 2.11. The molecule has 0 amide bonds. The molecule has 17 heavy (non-hydrogen) atoms. The number of hydrogen-bond acceptors (Lipinski definition) is 3. The number of benzene rings is 1. The molecule has 0 aliphatic carbocycles. The van der Waals surface area contributed by atoms with Crippen LogP contribution < -0.4 is 5.32 Å². The number of nitrogens with one attached hydrogen (secondary N) is 2. The van der Waals surface area contributed by atoms with E-state index < -0.39 is 0 Å². The highest BCUT2D eigenvalue weighted by molar-refractivity contribution is 6.15. The van der Waals surface area contributed by atoms with E-state index in [2.05, 4.69) is 15.3 Å². The van der Waals surface area contributed by atoms with Crippen molar-refractivity contribution >= 4 is 22.5 Å². The predicted octanol–water partition coefficient (Wildman–Crippen LogP) is 1.74. The molecule has 0 spiro atoms. The van der Waals surface area contributed by atoms with Crippen LogP contribution in [0, 0.1) is 0 Å². The third-order valence-electron chi connectivity index (χ3n) is 2.96. The zero-order chi connectivity index (χ0) is 11.7. The maximum absolute atomic E-state index is 12.1. The molecule has 2 heterocycles. The average molecular weight is 227 g/mol. The van der Waals surface area contributed by atoms with Crippen molar-refractivity contribution in [1.29, 1.82) is 0 Å². The van der Waals surface area contributed by atoms with Gasteiger partial charge in [0, 0.05) is 29.2 Å². The molecule has 0 fully saturated rings. The Morgan fingerprint density at radius 3 is 3.06 bits per heavy atom. The lowest BCUT2D eigenvalue weighted by molar-refractivity contribution is 0.100. The number of carbonyl (C=O) groups excluding carboxylic acids is 1. The molecule has 1 aromatic heterocycles. The summed E-state index contributed by atoms with van der Waals surface area (Å²) in [7, 11) is 0. The van der Waals surface area contributed by atoms with Gasteiger partial charge in [0.05, 0.1) is 13.0 Å². The van der Waals surface area contributed by atoms with Crippen LogP contribution in [0.4, 0.5) is 0 Å². The third kappa shape index (κ3) is 1.82. The highest BCUT2D eigenvalue weighted by Crippen LogP contribution is 2.19. The minimum atomic E-state index is 0.107. The molecular formula is C13H13N3O. The van der Waals surface area contributed by atoms with Crippen LogP contribution in [0.2, 0.25) is 0 Å². The highest BCUT2D eigenvalue weighted by Gasteiger charge is 2.15. The second-order valence-corrected chi connectivity index (χ2v) is 4.10. The van der Waals surface area contributed by atoms with Crippen molar-refractivity contribution in [3.05, 3.63) is 36.0 Å². The van der Waals surface area contributed by atoms with E-state index in [1.54, 1.807) is 6.20 Å². The van der Waals surface area contributed by atoms with Gasteiger partial charge in [0.15, 0.2) is 5.78 Å². The first-order chi connectivity index (χ1) is 8.34. The van der Waals surface area contributed by atoms with Crippen molar-refractivity contribution in [3.8, 4) is 0 Å². The number of rotatable bonds is 3. The van der Waals surface area contributed by atoms with Gasteiger partial charge in [-0.25, -0.2) is 0 Å². The van der Waals surface area contributed by atoms with E-state index in [4.69, 9.17) is 0 Å². The number of fused-ring (bicyclic) bond motifs is 1. The highest BCUT2D eigenvalue weighted by atomic mass is 16.1. The van der Waals surface area contributed by atoms with Crippen LogP contribution in [0.1, 0.15) is 16.8 Å². The van der Waals surface area contributed by atoms with Gasteiger partial charge in [-0.3, -0.25) is 9.79 Å². The summed E-state index contributed by atoms with van der Waals surface area (Å²) in [4.78, 5) is 19.5. The van der Waals surface area contributed by atoms with E-state index in [1.165, 1.54) is 0 Å². The quantitative estimate of drug-likeness (QED) is 0.785. The zero-order valence-corrected chi connectivity index (χ0v) is 9.36. The summed E-state index contributed by atoms with van der Waals surface area (Å²) < 4.78 is 0. The second-order valence-electron chi connectivity index (χ2n) is 4.10. The summed E-state index contributed by atoms with van der Waals surface area (Å²) in [5, 5.41) is 4.10. The Balaban J connectivity index is 1.90. The first-order valence-electron chi connectivity index (χ1n) is 5.71. The smallest absolute Gasteiger partial charge is 0.172 e. The Hall–Kier alpha value is -2.10. The minimum Gasteiger partial charge on any atom is -0.372 e. The van der Waals surface area contributed by atoms with E-state index in [0.717, 1.165) is 35.4 Å². The SMILES string of the molecule is O=C(CC1=NCCN1)c1c[nH]c2ccccc12. The molecule has 3 rings (SSSR count). The third-order valence-corrected chi connectivity index (χ3v) is 2.96. The molecule has 0 atom stereocenters. The van der Waals surface area contributed by atoms with Crippen molar-refractivity contribution in [2.75, 3.05) is 13.1 Å². The van der Waals surface area contributed by atoms with Crippen molar-refractivity contribution in [3.63, 3.8) is 0 Å². The predicted molar refractivity (Wildman–Crippen MR) is 67.6 cm³/mol. The Morgan fingerprint density at radius 1 is 1.35 bits per heavy atom. The molecule has 86 valence electrons. The molecule has 1 aliphatic heterocycles. The van der Waals surface area contributed by atoms with E-state index in [1.807, 2.05) is 24.3 Å². The lowest BCUT2D eigenvalue weighted by Gasteiger charge is -2.00. The molecule has 0 saturated heterocycles. The normalized spacial score (nSPS) is 14.7. The topological polar surface area (TPSA) is 57.2 Å². The summed E-state index contributed by atoms with van der Waals surface area (Å²) in [5.74, 6) is 0.913. The van der Waals surface area contributed by atoms with Crippen molar-refractivity contribution in [1.82, 2.24) is 10.3 Å². The Bertz CT molecular complexity index is 597. The number of carbonyl (C=O) groups is 1. The van der Waals surface area contributed by atoms with Gasteiger partial charge >= 0.3 is 0 Å². The maximum atomic E-state index is 12.1. The molecule has 0 saturated carbocycles. The van der Waals surface area contributed by atoms with Crippen molar-refractivity contribution < 1.29 is 4.79 Å². The van der Waals surface area contributed by atoms with Gasteiger partial charge in [0.2, 0.25) is 0 Å². The van der Waals surface area contributed by atoms with E-state index in [-0.39, 0.29) is 5.78 Å². The Kier molecular flexibility index (Phi) is 2.40. The van der Waals surface area contributed by atoms with Gasteiger partial charge in [0.25, 0.3) is 0 Å². The standard InChI is InChI=1S/C13H13N3O/c17-12(7-13-14-5-6-15-13)10-8-16-11-4-2-1-3-9(10)11/h1-4,8,16H,5-7H2,(H,14,15). The minimum absolute atomic E-state index is 0.107. The van der Waals surface area contributed by atoms with Crippen molar-refractivity contribution in [2.24, 2.45) is 4.99 Å². The first-order valence-corrected chi connectivity index (χ1v) is 5.71. The van der Waals surface area contributed by atoms with Gasteiger partial charge in [-0.05, 0) is 6.07 Å². The first kappa shape index (κ1) is 10.1. The number of ketones is 1. The molecular weight excluding hydrogens is 214 g/mol. The van der Waals surface area contributed by atoms with Crippen LogP contribution in [0.3, 0.4) is 0 Å². The van der Waals surface area contributed by atoms with Crippen LogP contribution >= 0.6 is 0 Å². The summed E-state index contributed by atoms with van der Waals surface area (Å²) in [6, 6.07) is 7.83. The summed E-state index contributed by atoms with van der Waals surface area (Å²) >= 11 is 0. The molecule has 2 N–H and O–H groups in total. The average Bonchev–Trinajstić information content (AvgIpc) is 2.96. The molecule has 1 aliphatic rings. The molecule has 4 nitrogen and oxygen atoms in total. The maximum Gasteiger partial charge on any atom is 0.172 e. The Morgan fingerprint density at radius 2 is 2.24 bits per heavy atom. The van der Waals surface area contributed by atoms with Crippen molar-refractivity contribution in [2.45, 2.75) is 6.42 Å². The molecule has 4 heteroatoms. The lowest BCUT2D eigenvalue weighted by Crippen LogP contribution is -2.21. The van der Waals surface area contributed by atoms with Crippen LogP contribution in [0.5, 0.6) is 0 Å². The molecule has 0 bridgehead atoms. The summed E-state index contributed by atoms with van der Waals surface area (Å²) in [6.45, 7) is 1.62. The number of Topliss-reactive ketones (excluding diaryl/α,β-unsaturated/α-hetero) is 1. The molecule has 2 aromatic rings. The fourth-order valence-corrected chi connectivity index (χ4v) is 2.11. The summed E-state index contributed by atoms with van der Waals surface area (Å²) in [6.07, 6.45) is 2.14. The number of para-hydroxylation sites is 1. The number of H-pyrrole nitrogens is 1. The van der Waals surface area contributed by atoms with Crippen LogP contribution in [-0.4, -0.2) is 29.7 Å². The van der Waals surface area contributed by atoms with E-state index >= 15 is 0 Å². The van der Waals surface area contributed by atoms with E-state index in [0.29, 0.717) is 6.42 Å². The molecule has 0 unspecified atom stereocenters. The van der Waals surface area contributed by atoms with Gasteiger partial charge in [0.1, 0.15) is 5.84 Å². The molecule has 1 aromatic carbocycles.